The van der Waals surface area contributed by atoms with E-state index in [0.717, 1.165) is 23.8 Å². The Hall–Kier alpha value is -1.99. The lowest BCUT2D eigenvalue weighted by Crippen LogP contribution is -2.16. The van der Waals surface area contributed by atoms with Crippen molar-refractivity contribution in [2.45, 2.75) is 11.4 Å². The van der Waals surface area contributed by atoms with Crippen LogP contribution in [0.5, 0.6) is 0 Å². The molecule has 2 N–H and O–H groups in total. The van der Waals surface area contributed by atoms with Crippen molar-refractivity contribution in [2.75, 3.05) is 11.8 Å². The van der Waals surface area contributed by atoms with Crippen LogP contribution in [0.15, 0.2) is 47.4 Å². The van der Waals surface area contributed by atoms with E-state index in [1.165, 1.54) is 6.07 Å². The molecular formula is C14H14F2N2O2S. The van der Waals surface area contributed by atoms with Gasteiger partial charge in [0.25, 0.3) is 10.0 Å². The predicted octanol–water partition coefficient (Wildman–Crippen LogP) is 2.49. The molecule has 0 aliphatic heterocycles. The quantitative estimate of drug-likeness (QED) is 0.892. The number of sulfonamides is 1. The molecule has 0 radical (unpaired) electrons. The second kappa shape index (κ2) is 6.19. The van der Waals surface area contributed by atoms with Gasteiger partial charge in [-0.05, 0) is 36.9 Å². The van der Waals surface area contributed by atoms with Gasteiger partial charge in [0.2, 0.25) is 0 Å². The lowest BCUT2D eigenvalue weighted by atomic mass is 10.2. The normalized spacial score (nSPS) is 11.4. The summed E-state index contributed by atoms with van der Waals surface area (Å²) in [7, 11) is -2.57. The first-order valence-corrected chi connectivity index (χ1v) is 7.63. The summed E-state index contributed by atoms with van der Waals surface area (Å²) in [6.45, 7) is 0.545. The average Bonchev–Trinajstić information content (AvgIpc) is 2.38. The number of nitrogens with one attached hydrogen (secondary N) is 2. The van der Waals surface area contributed by atoms with Crippen molar-refractivity contribution < 1.29 is 17.2 Å². The third kappa shape index (κ3) is 3.56. The van der Waals surface area contributed by atoms with Gasteiger partial charge in [0.05, 0.1) is 0 Å². The molecule has 0 aliphatic rings. The monoisotopic (exact) mass is 312 g/mol. The molecule has 0 spiro atoms. The van der Waals surface area contributed by atoms with Gasteiger partial charge in [-0.25, -0.2) is 17.2 Å². The molecule has 0 fully saturated rings. The van der Waals surface area contributed by atoms with Gasteiger partial charge in [0.15, 0.2) is 4.90 Å². The maximum absolute atomic E-state index is 13.6. The van der Waals surface area contributed by atoms with Gasteiger partial charge in [0.1, 0.15) is 11.6 Å². The van der Waals surface area contributed by atoms with E-state index in [1.807, 2.05) is 0 Å². The summed E-state index contributed by atoms with van der Waals surface area (Å²) in [6.07, 6.45) is 0. The van der Waals surface area contributed by atoms with Crippen molar-refractivity contribution in [3.63, 3.8) is 0 Å². The Morgan fingerprint density at radius 2 is 1.67 bits per heavy atom. The molecule has 0 amide bonds. The van der Waals surface area contributed by atoms with Crippen molar-refractivity contribution in [1.29, 1.82) is 0 Å². The van der Waals surface area contributed by atoms with Crippen LogP contribution in [-0.2, 0) is 16.6 Å². The number of hydrogen-bond donors (Lipinski definition) is 2. The summed E-state index contributed by atoms with van der Waals surface area (Å²) in [4.78, 5) is -0.982. The number of rotatable bonds is 5. The molecule has 0 saturated heterocycles. The Labute approximate surface area is 121 Å². The largest absolute Gasteiger partial charge is 0.316 e. The molecule has 7 heteroatoms. The summed E-state index contributed by atoms with van der Waals surface area (Å²) < 4.78 is 53.6. The molecule has 112 valence electrons. The first-order valence-electron chi connectivity index (χ1n) is 6.14. The van der Waals surface area contributed by atoms with Crippen LogP contribution in [0.4, 0.5) is 14.5 Å². The fraction of sp³-hybridized carbons (Fsp3) is 0.143. The first-order chi connectivity index (χ1) is 9.94. The van der Waals surface area contributed by atoms with Crippen LogP contribution in [0.1, 0.15) is 5.56 Å². The highest BCUT2D eigenvalue weighted by Gasteiger charge is 2.23. The molecule has 2 aromatic rings. The van der Waals surface area contributed by atoms with Crippen LogP contribution in [0.25, 0.3) is 0 Å². The van der Waals surface area contributed by atoms with E-state index in [9.17, 15) is 17.2 Å². The van der Waals surface area contributed by atoms with Gasteiger partial charge in [0, 0.05) is 12.2 Å². The third-order valence-electron chi connectivity index (χ3n) is 2.75. The molecule has 0 bridgehead atoms. The number of benzene rings is 2. The highest BCUT2D eigenvalue weighted by atomic mass is 32.2. The van der Waals surface area contributed by atoms with E-state index >= 15 is 0 Å². The van der Waals surface area contributed by atoms with Gasteiger partial charge >= 0.3 is 0 Å². The molecule has 2 aromatic carbocycles. The van der Waals surface area contributed by atoms with Crippen LogP contribution in [0.3, 0.4) is 0 Å². The second-order valence-corrected chi connectivity index (χ2v) is 6.01. The molecule has 4 nitrogen and oxygen atoms in total. The fourth-order valence-corrected chi connectivity index (χ4v) is 3.08. The molecule has 0 unspecified atom stereocenters. The lowest BCUT2D eigenvalue weighted by molar-refractivity contribution is 0.521. The Balaban J connectivity index is 2.36. The smallest absolute Gasteiger partial charge is 0.267 e. The van der Waals surface area contributed by atoms with Crippen LogP contribution >= 0.6 is 0 Å². The molecular weight excluding hydrogens is 298 g/mol. The molecule has 0 atom stereocenters. The summed E-state index contributed by atoms with van der Waals surface area (Å²) in [5.41, 5.74) is 1.08. The van der Waals surface area contributed by atoms with Crippen molar-refractivity contribution in [3.05, 3.63) is 59.7 Å². The maximum Gasteiger partial charge on any atom is 0.267 e. The van der Waals surface area contributed by atoms with Crippen LogP contribution in [0, 0.1) is 11.6 Å². The van der Waals surface area contributed by atoms with Crippen molar-refractivity contribution in [1.82, 2.24) is 5.32 Å². The summed E-state index contributed by atoms with van der Waals surface area (Å²) >= 11 is 0. The Morgan fingerprint density at radius 3 is 2.29 bits per heavy atom. The van der Waals surface area contributed by atoms with Gasteiger partial charge in [-0.15, -0.1) is 0 Å². The Kier molecular flexibility index (Phi) is 4.54. The molecule has 0 aliphatic carbocycles. The predicted molar refractivity (Wildman–Crippen MR) is 76.4 cm³/mol. The minimum atomic E-state index is -4.33. The molecule has 0 saturated carbocycles. The van der Waals surface area contributed by atoms with E-state index in [4.69, 9.17) is 0 Å². The molecule has 0 aromatic heterocycles. The Morgan fingerprint density at radius 1 is 1.05 bits per heavy atom. The average molecular weight is 312 g/mol. The number of halogens is 2. The topological polar surface area (TPSA) is 58.2 Å². The standard InChI is InChI=1S/C14H14F2N2O2S/c1-17-9-10-4-2-5-11(8-10)18-21(19,20)14-12(15)6-3-7-13(14)16/h2-8,17-18H,9H2,1H3. The Bertz CT molecular complexity index is 728. The second-order valence-electron chi connectivity index (χ2n) is 4.39. The van der Waals surface area contributed by atoms with Crippen molar-refractivity contribution >= 4 is 15.7 Å². The first kappa shape index (κ1) is 15.4. The van der Waals surface area contributed by atoms with E-state index in [-0.39, 0.29) is 5.69 Å². The van der Waals surface area contributed by atoms with Gasteiger partial charge < -0.3 is 5.32 Å². The third-order valence-corrected chi connectivity index (χ3v) is 4.18. The van der Waals surface area contributed by atoms with E-state index < -0.39 is 26.6 Å². The maximum atomic E-state index is 13.6. The molecule has 0 heterocycles. The highest BCUT2D eigenvalue weighted by Crippen LogP contribution is 2.22. The van der Waals surface area contributed by atoms with Gasteiger partial charge in [-0.1, -0.05) is 18.2 Å². The van der Waals surface area contributed by atoms with Gasteiger partial charge in [-0.3, -0.25) is 4.72 Å². The zero-order valence-corrected chi connectivity index (χ0v) is 12.0. The van der Waals surface area contributed by atoms with E-state index in [2.05, 4.69) is 10.0 Å². The summed E-state index contributed by atoms with van der Waals surface area (Å²) in [5.74, 6) is -2.26. The number of anilines is 1. The molecule has 21 heavy (non-hydrogen) atoms. The summed E-state index contributed by atoms with van der Waals surface area (Å²) in [6, 6.07) is 9.46. The minimum absolute atomic E-state index is 0.241. The zero-order chi connectivity index (χ0) is 15.5. The summed E-state index contributed by atoms with van der Waals surface area (Å²) in [5, 5.41) is 2.93. The van der Waals surface area contributed by atoms with Crippen molar-refractivity contribution in [2.24, 2.45) is 0 Å². The van der Waals surface area contributed by atoms with Gasteiger partial charge in [-0.2, -0.15) is 0 Å². The zero-order valence-electron chi connectivity index (χ0n) is 11.2. The van der Waals surface area contributed by atoms with Crippen molar-refractivity contribution in [3.8, 4) is 0 Å². The van der Waals surface area contributed by atoms with E-state index in [1.54, 1.807) is 25.2 Å². The lowest BCUT2D eigenvalue weighted by Gasteiger charge is -2.10. The SMILES string of the molecule is CNCc1cccc(NS(=O)(=O)c2c(F)cccc2F)c1. The minimum Gasteiger partial charge on any atom is -0.316 e. The van der Waals surface area contributed by atoms with Crippen LogP contribution < -0.4 is 10.0 Å². The van der Waals surface area contributed by atoms with Crippen LogP contribution in [-0.4, -0.2) is 15.5 Å². The molecule has 2 rings (SSSR count). The highest BCUT2D eigenvalue weighted by molar-refractivity contribution is 7.92. The number of hydrogen-bond acceptors (Lipinski definition) is 3. The van der Waals surface area contributed by atoms with Crippen LogP contribution in [0.2, 0.25) is 0 Å². The fourth-order valence-electron chi connectivity index (χ4n) is 1.89. The van der Waals surface area contributed by atoms with E-state index in [0.29, 0.717) is 6.54 Å².